The van der Waals surface area contributed by atoms with Crippen molar-refractivity contribution in [1.82, 2.24) is 0 Å². The monoisotopic (exact) mass is 142 g/mol. The molecule has 2 heteroatoms. The Bertz CT molecular complexity index is 89.3. The fourth-order valence-corrected chi connectivity index (χ4v) is 1.49. The van der Waals surface area contributed by atoms with Crippen LogP contribution in [0.1, 0.15) is 25.7 Å². The van der Waals surface area contributed by atoms with E-state index in [2.05, 4.69) is 0 Å². The molecule has 1 fully saturated rings. The van der Waals surface area contributed by atoms with Gasteiger partial charge in [-0.3, -0.25) is 0 Å². The number of nitrogens with two attached hydrogens (primary N) is 2. The van der Waals surface area contributed by atoms with Crippen molar-refractivity contribution in [1.29, 1.82) is 0 Å². The Hall–Kier alpha value is -0.0800. The fourth-order valence-electron chi connectivity index (χ4n) is 1.49. The summed E-state index contributed by atoms with van der Waals surface area (Å²) in [4.78, 5) is 0. The number of hydrogen-bond acceptors (Lipinski definition) is 2. The molecular formula is C8H18N2. The first-order chi connectivity index (χ1) is 4.88. The second-order valence-corrected chi connectivity index (χ2v) is 3.26. The molecule has 1 aliphatic carbocycles. The zero-order valence-electron chi connectivity index (χ0n) is 6.55. The van der Waals surface area contributed by atoms with Gasteiger partial charge in [0, 0.05) is 0 Å². The van der Waals surface area contributed by atoms with Gasteiger partial charge in [-0.1, -0.05) is 0 Å². The van der Waals surface area contributed by atoms with E-state index < -0.39 is 0 Å². The summed E-state index contributed by atoms with van der Waals surface area (Å²) in [6.45, 7) is 1.69. The van der Waals surface area contributed by atoms with Crippen LogP contribution in [0.2, 0.25) is 0 Å². The molecule has 1 saturated carbocycles. The molecule has 1 rings (SSSR count). The molecule has 0 heterocycles. The van der Waals surface area contributed by atoms with Crippen LogP contribution >= 0.6 is 0 Å². The largest absolute Gasteiger partial charge is 0.330 e. The van der Waals surface area contributed by atoms with Crippen molar-refractivity contribution in [2.24, 2.45) is 23.3 Å². The molecule has 0 aromatic rings. The Morgan fingerprint density at radius 1 is 1.30 bits per heavy atom. The van der Waals surface area contributed by atoms with E-state index in [4.69, 9.17) is 11.5 Å². The summed E-state index contributed by atoms with van der Waals surface area (Å²) in [6.07, 6.45) is 5.22. The van der Waals surface area contributed by atoms with Gasteiger partial charge in [-0.05, 0) is 50.6 Å². The predicted octanol–water partition coefficient (Wildman–Crippen LogP) is 0.710. The minimum atomic E-state index is 0.781. The molecule has 0 spiro atoms. The Balaban J connectivity index is 2.07. The molecule has 10 heavy (non-hydrogen) atoms. The van der Waals surface area contributed by atoms with Crippen molar-refractivity contribution in [3.8, 4) is 0 Å². The van der Waals surface area contributed by atoms with E-state index in [1.807, 2.05) is 0 Å². The summed E-state index contributed by atoms with van der Waals surface area (Å²) < 4.78 is 0. The SMILES string of the molecule is NCCCC(CN)C1CC1. The molecule has 0 bridgehead atoms. The minimum absolute atomic E-state index is 0.781. The molecule has 0 aromatic heterocycles. The Kier molecular flexibility index (Phi) is 3.16. The summed E-state index contributed by atoms with van der Waals surface area (Å²) in [5.41, 5.74) is 11.0. The predicted molar refractivity (Wildman–Crippen MR) is 43.6 cm³/mol. The van der Waals surface area contributed by atoms with E-state index in [1.165, 1.54) is 19.3 Å². The first kappa shape index (κ1) is 8.02. The van der Waals surface area contributed by atoms with Crippen LogP contribution in [-0.4, -0.2) is 13.1 Å². The van der Waals surface area contributed by atoms with Crippen molar-refractivity contribution in [2.45, 2.75) is 25.7 Å². The highest BCUT2D eigenvalue weighted by molar-refractivity contribution is 4.81. The van der Waals surface area contributed by atoms with E-state index in [0.29, 0.717) is 0 Å². The topological polar surface area (TPSA) is 52.0 Å². The lowest BCUT2D eigenvalue weighted by molar-refractivity contribution is 0.428. The van der Waals surface area contributed by atoms with Crippen LogP contribution in [0.25, 0.3) is 0 Å². The van der Waals surface area contributed by atoms with Gasteiger partial charge in [-0.2, -0.15) is 0 Å². The normalized spacial score (nSPS) is 21.0. The lowest BCUT2D eigenvalue weighted by Gasteiger charge is -2.11. The van der Waals surface area contributed by atoms with Crippen molar-refractivity contribution in [2.75, 3.05) is 13.1 Å². The maximum atomic E-state index is 5.61. The van der Waals surface area contributed by atoms with Crippen molar-refractivity contribution < 1.29 is 0 Å². The Labute approximate surface area is 63.0 Å². The third kappa shape index (κ3) is 2.27. The van der Waals surface area contributed by atoms with E-state index in [1.54, 1.807) is 0 Å². The minimum Gasteiger partial charge on any atom is -0.330 e. The molecule has 60 valence electrons. The van der Waals surface area contributed by atoms with Crippen LogP contribution in [0.3, 0.4) is 0 Å². The van der Waals surface area contributed by atoms with Crippen LogP contribution in [0.4, 0.5) is 0 Å². The highest BCUT2D eigenvalue weighted by Crippen LogP contribution is 2.38. The van der Waals surface area contributed by atoms with Gasteiger partial charge >= 0.3 is 0 Å². The fraction of sp³-hybridized carbons (Fsp3) is 1.00. The van der Waals surface area contributed by atoms with Crippen molar-refractivity contribution >= 4 is 0 Å². The summed E-state index contributed by atoms with van der Waals surface area (Å²) in [7, 11) is 0. The smallest absolute Gasteiger partial charge is 0.00462 e. The van der Waals surface area contributed by atoms with Gasteiger partial charge in [-0.25, -0.2) is 0 Å². The lowest BCUT2D eigenvalue weighted by atomic mass is 9.98. The maximum absolute atomic E-state index is 5.61. The van der Waals surface area contributed by atoms with Crippen LogP contribution in [0, 0.1) is 11.8 Å². The molecule has 1 atom stereocenters. The van der Waals surface area contributed by atoms with Gasteiger partial charge < -0.3 is 11.5 Å². The van der Waals surface area contributed by atoms with Crippen molar-refractivity contribution in [3.05, 3.63) is 0 Å². The molecule has 4 N–H and O–H groups in total. The van der Waals surface area contributed by atoms with E-state index in [0.717, 1.165) is 31.3 Å². The molecule has 0 amide bonds. The third-order valence-corrected chi connectivity index (χ3v) is 2.37. The van der Waals surface area contributed by atoms with Gasteiger partial charge in [0.1, 0.15) is 0 Å². The number of rotatable bonds is 5. The Morgan fingerprint density at radius 3 is 2.40 bits per heavy atom. The standard InChI is InChI=1S/C8H18N2/c9-5-1-2-8(6-10)7-3-4-7/h7-8H,1-6,9-10H2. The molecule has 2 nitrogen and oxygen atoms in total. The zero-order valence-corrected chi connectivity index (χ0v) is 6.55. The van der Waals surface area contributed by atoms with Crippen molar-refractivity contribution in [3.63, 3.8) is 0 Å². The highest BCUT2D eigenvalue weighted by Gasteiger charge is 2.29. The molecule has 0 aliphatic heterocycles. The zero-order chi connectivity index (χ0) is 7.40. The summed E-state index contributed by atoms with van der Waals surface area (Å²) >= 11 is 0. The quantitative estimate of drug-likeness (QED) is 0.594. The van der Waals surface area contributed by atoms with Gasteiger partial charge in [0.05, 0.1) is 0 Å². The third-order valence-electron chi connectivity index (χ3n) is 2.37. The first-order valence-corrected chi connectivity index (χ1v) is 4.28. The van der Waals surface area contributed by atoms with E-state index >= 15 is 0 Å². The second kappa shape index (κ2) is 3.94. The average Bonchev–Trinajstić information content (AvgIpc) is 2.73. The van der Waals surface area contributed by atoms with E-state index in [9.17, 15) is 0 Å². The molecular weight excluding hydrogens is 124 g/mol. The molecule has 0 aromatic carbocycles. The lowest BCUT2D eigenvalue weighted by Crippen LogP contribution is -2.17. The maximum Gasteiger partial charge on any atom is -0.00462 e. The van der Waals surface area contributed by atoms with Gasteiger partial charge in [0.25, 0.3) is 0 Å². The van der Waals surface area contributed by atoms with Crippen LogP contribution in [0.15, 0.2) is 0 Å². The summed E-state index contributed by atoms with van der Waals surface area (Å²) in [5.74, 6) is 1.74. The summed E-state index contributed by atoms with van der Waals surface area (Å²) in [6, 6.07) is 0. The van der Waals surface area contributed by atoms with Crippen LogP contribution in [-0.2, 0) is 0 Å². The first-order valence-electron chi connectivity index (χ1n) is 4.28. The van der Waals surface area contributed by atoms with Gasteiger partial charge in [0.2, 0.25) is 0 Å². The van der Waals surface area contributed by atoms with Crippen LogP contribution < -0.4 is 11.5 Å². The second-order valence-electron chi connectivity index (χ2n) is 3.26. The number of hydrogen-bond donors (Lipinski definition) is 2. The van der Waals surface area contributed by atoms with E-state index in [-0.39, 0.29) is 0 Å². The van der Waals surface area contributed by atoms with Gasteiger partial charge in [0.15, 0.2) is 0 Å². The molecule has 0 saturated heterocycles. The molecule has 0 radical (unpaired) electrons. The molecule has 1 aliphatic rings. The Morgan fingerprint density at radius 2 is 2.00 bits per heavy atom. The average molecular weight is 142 g/mol. The van der Waals surface area contributed by atoms with Gasteiger partial charge in [-0.15, -0.1) is 0 Å². The highest BCUT2D eigenvalue weighted by atomic mass is 14.6. The van der Waals surface area contributed by atoms with Crippen LogP contribution in [0.5, 0.6) is 0 Å². The molecule has 1 unspecified atom stereocenters. The summed E-state index contributed by atoms with van der Waals surface area (Å²) in [5, 5.41) is 0.